The van der Waals surface area contributed by atoms with E-state index in [1.54, 1.807) is 30.3 Å². The van der Waals surface area contributed by atoms with Crippen molar-refractivity contribution in [3.63, 3.8) is 0 Å². The van der Waals surface area contributed by atoms with Crippen molar-refractivity contribution in [3.8, 4) is 17.2 Å². The summed E-state index contributed by atoms with van der Waals surface area (Å²) >= 11 is 1.00. The first-order valence-corrected chi connectivity index (χ1v) is 10.7. The van der Waals surface area contributed by atoms with Crippen molar-refractivity contribution in [1.29, 1.82) is 0 Å². The molecule has 0 atom stereocenters. The van der Waals surface area contributed by atoms with Crippen LogP contribution in [-0.2, 0) is 0 Å². The molecule has 4 rings (SSSR count). The first-order valence-electron chi connectivity index (χ1n) is 9.89. The van der Waals surface area contributed by atoms with Gasteiger partial charge in [0.25, 0.3) is 5.91 Å². The summed E-state index contributed by atoms with van der Waals surface area (Å²) < 4.78 is 47.2. The van der Waals surface area contributed by atoms with Crippen LogP contribution in [0.2, 0.25) is 0 Å². The number of anilines is 2. The number of carbonyl (C=O) groups is 2. The lowest BCUT2D eigenvalue weighted by Gasteiger charge is -2.09. The van der Waals surface area contributed by atoms with Gasteiger partial charge >= 0.3 is 12.4 Å². The number of pyridine rings is 1. The zero-order valence-electron chi connectivity index (χ0n) is 17.8. The van der Waals surface area contributed by atoms with Crippen molar-refractivity contribution in [2.45, 2.75) is 6.36 Å². The molecule has 0 fully saturated rings. The fourth-order valence-corrected chi connectivity index (χ4v) is 3.77. The predicted octanol–water partition coefficient (Wildman–Crippen LogP) is 5.39. The van der Waals surface area contributed by atoms with Crippen LogP contribution in [0.5, 0.6) is 17.2 Å². The number of hydrogen-bond donors (Lipinski definition) is 3. The fourth-order valence-electron chi connectivity index (χ4n) is 2.88. The third-order valence-electron chi connectivity index (χ3n) is 4.35. The molecule has 4 aromatic rings. The van der Waals surface area contributed by atoms with E-state index in [1.807, 2.05) is 0 Å². The number of ether oxygens (including phenoxy) is 2. The van der Waals surface area contributed by atoms with Crippen LogP contribution < -0.4 is 25.4 Å². The maximum Gasteiger partial charge on any atom is 0.573 e. The van der Waals surface area contributed by atoms with Crippen LogP contribution in [0.1, 0.15) is 10.5 Å². The lowest BCUT2D eigenvalue weighted by molar-refractivity contribution is -0.274. The summed E-state index contributed by atoms with van der Waals surface area (Å²) in [7, 11) is 1.50. The molecular formula is C22H16F3N5O4S. The molecule has 13 heteroatoms. The maximum atomic E-state index is 12.4. The Kier molecular flexibility index (Phi) is 6.68. The highest BCUT2D eigenvalue weighted by Gasteiger charge is 2.31. The number of carbonyl (C=O) groups excluding carboxylic acids is 2. The molecule has 35 heavy (non-hydrogen) atoms. The van der Waals surface area contributed by atoms with Crippen molar-refractivity contribution in [2.24, 2.45) is 0 Å². The lowest BCUT2D eigenvalue weighted by Crippen LogP contribution is -2.19. The number of urea groups is 1. The van der Waals surface area contributed by atoms with Gasteiger partial charge in [-0.05, 0) is 42.5 Å². The van der Waals surface area contributed by atoms with Crippen LogP contribution in [0, 0.1) is 0 Å². The van der Waals surface area contributed by atoms with Gasteiger partial charge in [0.05, 0.1) is 10.2 Å². The van der Waals surface area contributed by atoms with Crippen molar-refractivity contribution in [2.75, 3.05) is 17.7 Å². The zero-order chi connectivity index (χ0) is 25.0. The zero-order valence-corrected chi connectivity index (χ0v) is 18.7. The summed E-state index contributed by atoms with van der Waals surface area (Å²) in [6, 6.07) is 12.7. The normalized spacial score (nSPS) is 11.1. The number of alkyl halides is 3. The minimum absolute atomic E-state index is 0.200. The average molecular weight is 503 g/mol. The summed E-state index contributed by atoms with van der Waals surface area (Å²) in [5.74, 6) is 0.164. The molecule has 180 valence electrons. The van der Waals surface area contributed by atoms with Gasteiger partial charge in [0.15, 0.2) is 5.13 Å². The van der Waals surface area contributed by atoms with E-state index in [-0.39, 0.29) is 22.5 Å². The van der Waals surface area contributed by atoms with Crippen LogP contribution in [0.4, 0.5) is 28.8 Å². The lowest BCUT2D eigenvalue weighted by atomic mass is 10.3. The molecule has 0 bridgehead atoms. The highest BCUT2D eigenvalue weighted by atomic mass is 32.1. The van der Waals surface area contributed by atoms with Crippen LogP contribution in [-0.4, -0.2) is 35.3 Å². The van der Waals surface area contributed by atoms with Gasteiger partial charge in [0.2, 0.25) is 0 Å². The van der Waals surface area contributed by atoms with E-state index in [2.05, 4.69) is 30.7 Å². The molecule has 2 aromatic carbocycles. The van der Waals surface area contributed by atoms with Crippen molar-refractivity contribution >= 4 is 44.3 Å². The second-order valence-electron chi connectivity index (χ2n) is 6.86. The van der Waals surface area contributed by atoms with Crippen molar-refractivity contribution in [3.05, 3.63) is 66.5 Å². The van der Waals surface area contributed by atoms with E-state index in [9.17, 15) is 22.8 Å². The molecule has 0 unspecified atom stereocenters. The standard InChI is InChI=1S/C22H16F3N5O4S/c1-26-19(31)17-10-14(8-9-27-17)33-13-4-2-12(3-5-13)28-20(32)30-21-29-16-7-6-15(11-18(16)35-21)34-22(23,24)25/h2-11H,1H3,(H,26,31)(H2,28,29,30,32). The Balaban J connectivity index is 1.36. The van der Waals surface area contributed by atoms with Crippen LogP contribution in [0.3, 0.4) is 0 Å². The number of fused-ring (bicyclic) bond motifs is 1. The first-order chi connectivity index (χ1) is 16.7. The highest BCUT2D eigenvalue weighted by molar-refractivity contribution is 7.22. The van der Waals surface area contributed by atoms with Crippen LogP contribution in [0.15, 0.2) is 60.8 Å². The number of benzene rings is 2. The molecule has 0 saturated heterocycles. The predicted molar refractivity (Wildman–Crippen MR) is 123 cm³/mol. The Morgan fingerprint density at radius 1 is 0.943 bits per heavy atom. The van der Waals surface area contributed by atoms with E-state index >= 15 is 0 Å². The summed E-state index contributed by atoms with van der Waals surface area (Å²) in [6.45, 7) is 0. The topological polar surface area (TPSA) is 114 Å². The van der Waals surface area contributed by atoms with E-state index in [0.717, 1.165) is 17.4 Å². The molecule has 0 spiro atoms. The summed E-state index contributed by atoms with van der Waals surface area (Å²) in [4.78, 5) is 32.1. The van der Waals surface area contributed by atoms with Gasteiger partial charge in [-0.1, -0.05) is 11.3 Å². The van der Waals surface area contributed by atoms with E-state index < -0.39 is 12.4 Å². The highest BCUT2D eigenvalue weighted by Crippen LogP contribution is 2.31. The number of halogens is 3. The largest absolute Gasteiger partial charge is 0.573 e. The minimum atomic E-state index is -4.80. The van der Waals surface area contributed by atoms with E-state index in [1.165, 1.54) is 31.4 Å². The van der Waals surface area contributed by atoms with Gasteiger partial charge in [-0.15, -0.1) is 13.2 Å². The van der Waals surface area contributed by atoms with Crippen molar-refractivity contribution < 1.29 is 32.2 Å². The Morgan fingerprint density at radius 2 is 1.69 bits per heavy atom. The number of aromatic nitrogens is 2. The number of hydrogen-bond acceptors (Lipinski definition) is 7. The fraction of sp³-hybridized carbons (Fsp3) is 0.0909. The monoisotopic (exact) mass is 503 g/mol. The van der Waals surface area contributed by atoms with Gasteiger partial charge < -0.3 is 20.1 Å². The molecule has 0 aliphatic rings. The molecule has 0 aliphatic heterocycles. The van der Waals surface area contributed by atoms with Gasteiger partial charge in [-0.25, -0.2) is 9.78 Å². The third kappa shape index (κ3) is 6.35. The molecule has 0 aliphatic carbocycles. The molecule has 3 amide bonds. The maximum absolute atomic E-state index is 12.4. The summed E-state index contributed by atoms with van der Waals surface area (Å²) in [5, 5.41) is 7.85. The molecule has 0 saturated carbocycles. The summed E-state index contributed by atoms with van der Waals surface area (Å²) in [5.41, 5.74) is 1.08. The third-order valence-corrected chi connectivity index (χ3v) is 5.29. The average Bonchev–Trinajstić information content (AvgIpc) is 3.20. The number of nitrogens with zero attached hydrogens (tertiary/aromatic N) is 2. The number of amides is 3. The molecular weight excluding hydrogens is 487 g/mol. The van der Waals surface area contributed by atoms with Crippen molar-refractivity contribution in [1.82, 2.24) is 15.3 Å². The number of nitrogens with one attached hydrogen (secondary N) is 3. The second kappa shape index (κ2) is 9.85. The van der Waals surface area contributed by atoms with Gasteiger partial charge in [0, 0.05) is 31.1 Å². The Hall–Kier alpha value is -4.39. The second-order valence-corrected chi connectivity index (χ2v) is 7.89. The molecule has 3 N–H and O–H groups in total. The number of rotatable bonds is 6. The van der Waals surface area contributed by atoms with Gasteiger partial charge in [-0.3, -0.25) is 15.1 Å². The van der Waals surface area contributed by atoms with E-state index in [4.69, 9.17) is 4.74 Å². The van der Waals surface area contributed by atoms with Gasteiger partial charge in [0.1, 0.15) is 22.9 Å². The van der Waals surface area contributed by atoms with Gasteiger partial charge in [-0.2, -0.15) is 0 Å². The Morgan fingerprint density at radius 3 is 2.40 bits per heavy atom. The van der Waals surface area contributed by atoms with E-state index in [0.29, 0.717) is 27.4 Å². The Labute approximate surface area is 199 Å². The Bertz CT molecular complexity index is 1380. The first kappa shape index (κ1) is 23.8. The molecule has 2 aromatic heterocycles. The quantitative estimate of drug-likeness (QED) is 0.325. The van der Waals surface area contributed by atoms with Crippen LogP contribution >= 0.6 is 11.3 Å². The minimum Gasteiger partial charge on any atom is -0.457 e. The molecule has 9 nitrogen and oxygen atoms in total. The molecule has 2 heterocycles. The smallest absolute Gasteiger partial charge is 0.457 e. The number of thiazole rings is 1. The molecule has 0 radical (unpaired) electrons. The summed E-state index contributed by atoms with van der Waals surface area (Å²) in [6.07, 6.45) is -3.35. The SMILES string of the molecule is CNC(=O)c1cc(Oc2ccc(NC(=O)Nc3nc4ccc(OC(F)(F)F)cc4s3)cc2)ccn1. The van der Waals surface area contributed by atoms with Crippen LogP contribution in [0.25, 0.3) is 10.2 Å².